The number of halogens is 3. The molecule has 0 aliphatic carbocycles. The van der Waals surface area contributed by atoms with E-state index in [2.05, 4.69) is 10.3 Å². The minimum Gasteiger partial charge on any atom is -0.354 e. The van der Waals surface area contributed by atoms with Crippen LogP contribution in [-0.4, -0.2) is 17.4 Å². The second-order valence-electron chi connectivity index (χ2n) is 5.20. The van der Waals surface area contributed by atoms with Crippen molar-refractivity contribution in [2.24, 2.45) is 5.73 Å². The van der Waals surface area contributed by atoms with Crippen LogP contribution in [0.5, 0.6) is 0 Å². The zero-order valence-electron chi connectivity index (χ0n) is 12.4. The lowest BCUT2D eigenvalue weighted by atomic mass is 9.92. The third-order valence-electron chi connectivity index (χ3n) is 3.31. The highest BCUT2D eigenvalue weighted by Crippen LogP contribution is 2.30. The van der Waals surface area contributed by atoms with Gasteiger partial charge in [-0.2, -0.15) is 13.2 Å². The van der Waals surface area contributed by atoms with Crippen LogP contribution >= 0.6 is 11.3 Å². The van der Waals surface area contributed by atoms with Crippen LogP contribution in [0.2, 0.25) is 0 Å². The zero-order chi connectivity index (χ0) is 17.1. The fourth-order valence-electron chi connectivity index (χ4n) is 1.94. The molecule has 1 aromatic heterocycles. The van der Waals surface area contributed by atoms with Crippen molar-refractivity contribution in [2.75, 3.05) is 6.54 Å². The van der Waals surface area contributed by atoms with E-state index in [-0.39, 0.29) is 13.0 Å². The zero-order valence-corrected chi connectivity index (χ0v) is 13.2. The number of amides is 1. The fraction of sp³-hybridized carbons (Fsp3) is 0.333. The van der Waals surface area contributed by atoms with E-state index in [1.54, 1.807) is 31.2 Å². The summed E-state index contributed by atoms with van der Waals surface area (Å²) in [5, 5.41) is 3.92. The van der Waals surface area contributed by atoms with Crippen LogP contribution in [0.25, 0.3) is 0 Å². The molecule has 0 aliphatic rings. The summed E-state index contributed by atoms with van der Waals surface area (Å²) in [4.78, 5) is 15.7. The molecule has 1 heterocycles. The third kappa shape index (κ3) is 4.29. The molecule has 124 valence electrons. The Labute approximate surface area is 135 Å². The smallest absolute Gasteiger partial charge is 0.354 e. The molecule has 0 bridgehead atoms. The van der Waals surface area contributed by atoms with Crippen molar-refractivity contribution in [3.8, 4) is 0 Å². The van der Waals surface area contributed by atoms with Crippen LogP contribution in [0.3, 0.4) is 0 Å². The van der Waals surface area contributed by atoms with Gasteiger partial charge >= 0.3 is 6.18 Å². The summed E-state index contributed by atoms with van der Waals surface area (Å²) in [7, 11) is 0. The second kappa shape index (κ2) is 6.67. The average molecular weight is 343 g/mol. The Balaban J connectivity index is 1.91. The van der Waals surface area contributed by atoms with Gasteiger partial charge in [0.2, 0.25) is 5.91 Å². The first-order valence-electron chi connectivity index (χ1n) is 6.85. The van der Waals surface area contributed by atoms with E-state index >= 15 is 0 Å². The van der Waals surface area contributed by atoms with Gasteiger partial charge in [-0.1, -0.05) is 30.3 Å². The highest BCUT2D eigenvalue weighted by Gasteiger charge is 2.34. The van der Waals surface area contributed by atoms with Crippen LogP contribution in [0, 0.1) is 0 Å². The van der Waals surface area contributed by atoms with Gasteiger partial charge in [0.25, 0.3) is 0 Å². The molecule has 0 radical (unpaired) electrons. The molecule has 3 N–H and O–H groups in total. The number of alkyl halides is 3. The predicted molar refractivity (Wildman–Crippen MR) is 81.8 cm³/mol. The number of aromatic nitrogens is 1. The van der Waals surface area contributed by atoms with E-state index < -0.39 is 23.3 Å². The van der Waals surface area contributed by atoms with Crippen LogP contribution in [0.15, 0.2) is 35.7 Å². The number of carbonyl (C=O) groups excluding carboxylic acids is 1. The maximum Gasteiger partial charge on any atom is 0.434 e. The van der Waals surface area contributed by atoms with Gasteiger partial charge in [-0.3, -0.25) is 4.79 Å². The van der Waals surface area contributed by atoms with Crippen molar-refractivity contribution in [3.05, 3.63) is 52.0 Å². The van der Waals surface area contributed by atoms with Gasteiger partial charge in [-0.25, -0.2) is 4.98 Å². The Morgan fingerprint density at radius 2 is 1.96 bits per heavy atom. The number of hydrogen-bond acceptors (Lipinski definition) is 4. The first-order valence-corrected chi connectivity index (χ1v) is 7.73. The van der Waals surface area contributed by atoms with Crippen molar-refractivity contribution in [1.29, 1.82) is 0 Å². The molecule has 1 unspecified atom stereocenters. The lowest BCUT2D eigenvalue weighted by Gasteiger charge is -2.24. The van der Waals surface area contributed by atoms with Crippen LogP contribution in [-0.2, 0) is 22.9 Å². The quantitative estimate of drug-likeness (QED) is 0.877. The Bertz CT molecular complexity index is 668. The Hall–Kier alpha value is -1.93. The van der Waals surface area contributed by atoms with E-state index in [0.717, 1.165) is 16.7 Å². The van der Waals surface area contributed by atoms with Gasteiger partial charge in [-0.05, 0) is 12.5 Å². The van der Waals surface area contributed by atoms with E-state index in [1.165, 1.54) is 0 Å². The Morgan fingerprint density at radius 1 is 1.30 bits per heavy atom. The number of rotatable bonds is 5. The summed E-state index contributed by atoms with van der Waals surface area (Å²) < 4.78 is 37.4. The molecule has 4 nitrogen and oxygen atoms in total. The molecule has 23 heavy (non-hydrogen) atoms. The van der Waals surface area contributed by atoms with Crippen LogP contribution < -0.4 is 11.1 Å². The van der Waals surface area contributed by atoms with Crippen molar-refractivity contribution in [2.45, 2.75) is 25.1 Å². The van der Waals surface area contributed by atoms with Crippen molar-refractivity contribution < 1.29 is 18.0 Å². The molecule has 0 saturated carbocycles. The summed E-state index contributed by atoms with van der Waals surface area (Å²) in [6.45, 7) is 1.76. The Kier molecular flexibility index (Phi) is 5.06. The lowest BCUT2D eigenvalue weighted by molar-refractivity contribution is -0.140. The molecule has 0 aliphatic heterocycles. The number of thiazole rings is 1. The highest BCUT2D eigenvalue weighted by molar-refractivity contribution is 7.09. The minimum absolute atomic E-state index is 0.170. The van der Waals surface area contributed by atoms with Crippen molar-refractivity contribution in [3.63, 3.8) is 0 Å². The summed E-state index contributed by atoms with van der Waals surface area (Å²) in [5.41, 5.74) is 4.59. The normalized spacial score (nSPS) is 14.3. The molecule has 0 fully saturated rings. The maximum absolute atomic E-state index is 12.5. The molecule has 0 spiro atoms. The fourth-order valence-corrected chi connectivity index (χ4v) is 2.74. The molecule has 1 aromatic carbocycles. The molecule has 0 saturated heterocycles. The van der Waals surface area contributed by atoms with Crippen molar-refractivity contribution >= 4 is 17.2 Å². The summed E-state index contributed by atoms with van der Waals surface area (Å²) >= 11 is 0.918. The van der Waals surface area contributed by atoms with E-state index in [9.17, 15) is 18.0 Å². The molecule has 2 rings (SSSR count). The maximum atomic E-state index is 12.5. The van der Waals surface area contributed by atoms with Gasteiger partial charge in [0.15, 0.2) is 5.69 Å². The molecule has 1 atom stereocenters. The van der Waals surface area contributed by atoms with Gasteiger partial charge < -0.3 is 11.1 Å². The Morgan fingerprint density at radius 3 is 2.52 bits per heavy atom. The number of carbonyl (C=O) groups is 1. The largest absolute Gasteiger partial charge is 0.434 e. The molecule has 1 amide bonds. The molecule has 2 aromatic rings. The number of nitrogens with two attached hydrogens (primary N) is 1. The first-order chi connectivity index (χ1) is 10.7. The number of nitrogens with zero attached hydrogens (tertiary/aromatic N) is 1. The predicted octanol–water partition coefficient (Wildman–Crippen LogP) is 2.69. The average Bonchev–Trinajstić information content (AvgIpc) is 2.97. The number of hydrogen-bond donors (Lipinski definition) is 2. The van der Waals surface area contributed by atoms with E-state index in [1.807, 2.05) is 6.07 Å². The van der Waals surface area contributed by atoms with Gasteiger partial charge in [-0.15, -0.1) is 11.3 Å². The first kappa shape index (κ1) is 17.4. The monoisotopic (exact) mass is 343 g/mol. The third-order valence-corrected chi connectivity index (χ3v) is 4.22. The number of nitrogens with one attached hydrogen (secondary N) is 1. The summed E-state index contributed by atoms with van der Waals surface area (Å²) in [6, 6.07) is 8.87. The van der Waals surface area contributed by atoms with Gasteiger partial charge in [0.05, 0.1) is 5.01 Å². The molecule has 8 heteroatoms. The topological polar surface area (TPSA) is 68.0 Å². The van der Waals surface area contributed by atoms with E-state index in [4.69, 9.17) is 5.73 Å². The van der Waals surface area contributed by atoms with E-state index in [0.29, 0.717) is 10.6 Å². The second-order valence-corrected chi connectivity index (χ2v) is 6.14. The van der Waals surface area contributed by atoms with Gasteiger partial charge in [0, 0.05) is 18.3 Å². The highest BCUT2D eigenvalue weighted by atomic mass is 32.1. The standard InChI is InChI=1S/C15H16F3N3OS/c1-14(19,10-5-3-2-4-6-10)13(22)20-8-7-12-21-11(9-23-12)15(16,17)18/h2-6,9H,7-8,19H2,1H3,(H,20,22). The molecular formula is C15H16F3N3OS. The van der Waals surface area contributed by atoms with Crippen LogP contribution in [0.4, 0.5) is 13.2 Å². The number of benzene rings is 1. The minimum atomic E-state index is -4.44. The van der Waals surface area contributed by atoms with Gasteiger partial charge in [0.1, 0.15) is 5.54 Å². The van der Waals surface area contributed by atoms with Crippen molar-refractivity contribution in [1.82, 2.24) is 10.3 Å². The lowest BCUT2D eigenvalue weighted by Crippen LogP contribution is -2.49. The molecular weight excluding hydrogens is 327 g/mol. The summed E-state index contributed by atoms with van der Waals surface area (Å²) in [5.74, 6) is -0.392. The summed E-state index contributed by atoms with van der Waals surface area (Å²) in [6.07, 6.45) is -4.22. The van der Waals surface area contributed by atoms with Crippen LogP contribution in [0.1, 0.15) is 23.2 Å². The SMILES string of the molecule is CC(N)(C(=O)NCCc1nc(C(F)(F)F)cs1)c1ccccc1.